The molecule has 6 nitrogen and oxygen atoms in total. The summed E-state index contributed by atoms with van der Waals surface area (Å²) in [5, 5.41) is 1.61. The fourth-order valence-electron chi connectivity index (χ4n) is 2.46. The van der Waals surface area contributed by atoms with E-state index in [9.17, 15) is 22.8 Å². The largest absolute Gasteiger partial charge is 0.493 e. The second-order valence-electron chi connectivity index (χ2n) is 5.90. The number of fused-ring (bicyclic) bond motifs is 1. The summed E-state index contributed by atoms with van der Waals surface area (Å²) in [7, 11) is 0. The van der Waals surface area contributed by atoms with Gasteiger partial charge in [-0.2, -0.15) is 13.2 Å². The molecule has 0 spiro atoms. The van der Waals surface area contributed by atoms with E-state index in [1.807, 2.05) is 19.9 Å². The summed E-state index contributed by atoms with van der Waals surface area (Å²) in [6, 6.07) is 3.58. The smallest absolute Gasteiger partial charge is 0.405 e. The maximum Gasteiger partial charge on any atom is 0.405 e. The molecule has 148 valence electrons. The Morgan fingerprint density at radius 2 is 2.11 bits per heavy atom. The minimum atomic E-state index is -4.53. The van der Waals surface area contributed by atoms with Gasteiger partial charge in [0.05, 0.1) is 6.61 Å². The zero-order valence-electron chi connectivity index (χ0n) is 14.9. The monoisotopic (exact) mass is 387 g/mol. The predicted molar refractivity (Wildman–Crippen MR) is 90.5 cm³/mol. The highest BCUT2D eigenvalue weighted by Gasteiger charge is 2.27. The van der Waals surface area contributed by atoms with E-state index in [-0.39, 0.29) is 6.10 Å². The van der Waals surface area contributed by atoms with Gasteiger partial charge in [-0.25, -0.2) is 4.79 Å². The minimum absolute atomic E-state index is 0.0499. The fourth-order valence-corrected chi connectivity index (χ4v) is 2.46. The van der Waals surface area contributed by atoms with Crippen LogP contribution < -0.4 is 14.8 Å². The van der Waals surface area contributed by atoms with Crippen LogP contribution in [0.5, 0.6) is 11.5 Å². The van der Waals surface area contributed by atoms with E-state index < -0.39 is 31.2 Å². The van der Waals surface area contributed by atoms with Crippen molar-refractivity contribution in [2.24, 2.45) is 0 Å². The van der Waals surface area contributed by atoms with Crippen LogP contribution in [0, 0.1) is 0 Å². The average Bonchev–Trinajstić information content (AvgIpc) is 2.94. The molecule has 0 bridgehead atoms. The van der Waals surface area contributed by atoms with E-state index in [2.05, 4.69) is 4.74 Å². The van der Waals surface area contributed by atoms with Crippen LogP contribution in [0.25, 0.3) is 6.08 Å². The highest BCUT2D eigenvalue weighted by molar-refractivity contribution is 5.89. The summed E-state index contributed by atoms with van der Waals surface area (Å²) in [4.78, 5) is 22.9. The molecule has 0 saturated heterocycles. The number of alkyl halides is 3. The van der Waals surface area contributed by atoms with Crippen LogP contribution >= 0.6 is 0 Å². The normalized spacial score (nSPS) is 16.0. The average molecular weight is 387 g/mol. The van der Waals surface area contributed by atoms with Crippen LogP contribution in [0.2, 0.25) is 0 Å². The summed E-state index contributed by atoms with van der Waals surface area (Å²) < 4.78 is 51.8. The molecule has 0 aliphatic carbocycles. The summed E-state index contributed by atoms with van der Waals surface area (Å²) in [5.74, 6) is -0.634. The fraction of sp³-hybridized carbons (Fsp3) is 0.444. The maximum absolute atomic E-state index is 12.0. The summed E-state index contributed by atoms with van der Waals surface area (Å²) in [6.45, 7) is 1.91. The molecule has 27 heavy (non-hydrogen) atoms. The number of ether oxygens (including phenoxy) is 3. The summed E-state index contributed by atoms with van der Waals surface area (Å²) in [6.07, 6.45) is -1.21. The first kappa shape index (κ1) is 20.6. The van der Waals surface area contributed by atoms with Crippen molar-refractivity contribution >= 4 is 18.0 Å². The number of rotatable bonds is 7. The lowest BCUT2D eigenvalue weighted by Crippen LogP contribution is -2.36. The van der Waals surface area contributed by atoms with Crippen molar-refractivity contribution in [3.8, 4) is 11.5 Å². The summed E-state index contributed by atoms with van der Waals surface area (Å²) >= 11 is 0. The lowest BCUT2D eigenvalue weighted by atomic mass is 10.1. The van der Waals surface area contributed by atoms with Gasteiger partial charge in [0.2, 0.25) is 0 Å². The Morgan fingerprint density at radius 1 is 1.37 bits per heavy atom. The number of amides is 1. The molecule has 0 aromatic heterocycles. The van der Waals surface area contributed by atoms with Crippen molar-refractivity contribution in [1.82, 2.24) is 5.32 Å². The molecule has 1 amide bonds. The first-order chi connectivity index (χ1) is 12.7. The van der Waals surface area contributed by atoms with Crippen LogP contribution in [-0.4, -0.2) is 43.9 Å². The van der Waals surface area contributed by atoms with E-state index in [4.69, 9.17) is 9.47 Å². The van der Waals surface area contributed by atoms with Gasteiger partial charge in [-0.1, -0.05) is 0 Å². The SMILES string of the molecule is CCOc1cc2c(cc1/C=C/C(=O)OCC(=O)NCC(F)(F)F)O[C@H](C)C2. The molecule has 0 fully saturated rings. The number of halogens is 3. The third kappa shape index (κ3) is 6.50. The predicted octanol–water partition coefficient (Wildman–Crippen LogP) is 2.64. The van der Waals surface area contributed by atoms with Crippen LogP contribution in [0.3, 0.4) is 0 Å². The second-order valence-corrected chi connectivity index (χ2v) is 5.90. The van der Waals surface area contributed by atoms with Crippen LogP contribution in [0.15, 0.2) is 18.2 Å². The molecule has 1 N–H and O–H groups in total. The van der Waals surface area contributed by atoms with Gasteiger partial charge in [-0.05, 0) is 32.1 Å². The van der Waals surface area contributed by atoms with E-state index in [0.29, 0.717) is 23.7 Å². The zero-order chi connectivity index (χ0) is 20.0. The third-order valence-electron chi connectivity index (χ3n) is 3.56. The molecule has 0 radical (unpaired) electrons. The van der Waals surface area contributed by atoms with Gasteiger partial charge in [0.1, 0.15) is 24.1 Å². The van der Waals surface area contributed by atoms with E-state index in [0.717, 1.165) is 18.1 Å². The number of carbonyl (C=O) groups is 2. The van der Waals surface area contributed by atoms with Gasteiger partial charge < -0.3 is 19.5 Å². The first-order valence-corrected chi connectivity index (χ1v) is 8.32. The highest BCUT2D eigenvalue weighted by atomic mass is 19.4. The van der Waals surface area contributed by atoms with E-state index in [1.54, 1.807) is 11.4 Å². The molecule has 1 aliphatic rings. The molecular formula is C18H20F3NO5. The van der Waals surface area contributed by atoms with Crippen LogP contribution in [0.4, 0.5) is 13.2 Å². The van der Waals surface area contributed by atoms with Gasteiger partial charge >= 0.3 is 12.1 Å². The second kappa shape index (κ2) is 8.79. The Kier molecular flexibility index (Phi) is 6.70. The Morgan fingerprint density at radius 3 is 2.78 bits per heavy atom. The topological polar surface area (TPSA) is 73.9 Å². The molecule has 1 heterocycles. The van der Waals surface area contributed by atoms with Crippen LogP contribution in [0.1, 0.15) is 25.0 Å². The van der Waals surface area contributed by atoms with Crippen molar-refractivity contribution in [2.45, 2.75) is 32.5 Å². The van der Waals surface area contributed by atoms with Crippen molar-refractivity contribution in [3.63, 3.8) is 0 Å². The number of hydrogen-bond acceptors (Lipinski definition) is 5. The van der Waals surface area contributed by atoms with Gasteiger partial charge in [0, 0.05) is 23.6 Å². The third-order valence-corrected chi connectivity index (χ3v) is 3.56. The molecule has 1 aromatic rings. The Balaban J connectivity index is 1.95. The lowest BCUT2D eigenvalue weighted by molar-refractivity contribution is -0.148. The molecule has 1 atom stereocenters. The minimum Gasteiger partial charge on any atom is -0.493 e. The maximum atomic E-state index is 12.0. The van der Waals surface area contributed by atoms with Gasteiger partial charge in [0.15, 0.2) is 6.61 Å². The molecule has 0 saturated carbocycles. The van der Waals surface area contributed by atoms with E-state index >= 15 is 0 Å². The zero-order valence-corrected chi connectivity index (χ0v) is 14.9. The Bertz CT molecular complexity index is 730. The van der Waals surface area contributed by atoms with Crippen molar-refractivity contribution in [3.05, 3.63) is 29.3 Å². The molecule has 2 rings (SSSR count). The van der Waals surface area contributed by atoms with Crippen molar-refractivity contribution < 1.29 is 37.0 Å². The molecular weight excluding hydrogens is 367 g/mol. The molecule has 9 heteroatoms. The van der Waals surface area contributed by atoms with Gasteiger partial charge in [-0.15, -0.1) is 0 Å². The van der Waals surface area contributed by atoms with Crippen molar-refractivity contribution in [1.29, 1.82) is 0 Å². The number of carbonyl (C=O) groups excluding carboxylic acids is 2. The van der Waals surface area contributed by atoms with Gasteiger partial charge in [0.25, 0.3) is 5.91 Å². The number of esters is 1. The first-order valence-electron chi connectivity index (χ1n) is 8.32. The number of hydrogen-bond donors (Lipinski definition) is 1. The van der Waals surface area contributed by atoms with Crippen molar-refractivity contribution in [2.75, 3.05) is 19.8 Å². The van der Waals surface area contributed by atoms with E-state index in [1.165, 1.54) is 6.08 Å². The summed E-state index contributed by atoms with van der Waals surface area (Å²) in [5.41, 5.74) is 1.59. The Labute approximate surface area is 154 Å². The molecule has 0 unspecified atom stereocenters. The van der Waals surface area contributed by atoms with Crippen LogP contribution in [-0.2, 0) is 20.7 Å². The highest BCUT2D eigenvalue weighted by Crippen LogP contribution is 2.35. The number of benzene rings is 1. The number of nitrogens with one attached hydrogen (secondary N) is 1. The molecule has 1 aliphatic heterocycles. The molecule has 1 aromatic carbocycles. The Hall–Kier alpha value is -2.71. The lowest BCUT2D eigenvalue weighted by Gasteiger charge is -2.10. The standard InChI is InChI=1S/C18H20F3NO5/c1-3-25-14-8-13-6-11(2)27-15(13)7-12(14)4-5-17(24)26-9-16(23)22-10-18(19,20)21/h4-5,7-8,11H,3,6,9-10H2,1-2H3,(H,22,23)/b5-4+/t11-/m1/s1. The van der Waals surface area contributed by atoms with Gasteiger partial charge in [-0.3, -0.25) is 4.79 Å². The quantitative estimate of drug-likeness (QED) is 0.575.